The molecule has 0 bridgehead atoms. The Labute approximate surface area is 218 Å². The van der Waals surface area contributed by atoms with Gasteiger partial charge >= 0.3 is 6.03 Å². The van der Waals surface area contributed by atoms with Crippen LogP contribution in [0.5, 0.6) is 11.5 Å². The summed E-state index contributed by atoms with van der Waals surface area (Å²) in [6, 6.07) is 24.8. The number of imide groups is 1. The molecule has 3 amide bonds. The van der Waals surface area contributed by atoms with Crippen LogP contribution >= 0.6 is 0 Å². The van der Waals surface area contributed by atoms with E-state index in [-0.39, 0.29) is 11.9 Å². The first kappa shape index (κ1) is 26.2. The first-order chi connectivity index (χ1) is 18.1. The van der Waals surface area contributed by atoms with Crippen LogP contribution in [0.25, 0.3) is 0 Å². The van der Waals surface area contributed by atoms with Gasteiger partial charge in [0, 0.05) is 19.2 Å². The summed E-state index contributed by atoms with van der Waals surface area (Å²) in [6.07, 6.45) is 2.21. The van der Waals surface area contributed by atoms with Crippen molar-refractivity contribution in [2.45, 2.75) is 52.0 Å². The van der Waals surface area contributed by atoms with Gasteiger partial charge in [-0.05, 0) is 61.6 Å². The molecule has 1 heterocycles. The lowest BCUT2D eigenvalue weighted by molar-refractivity contribution is -0.128. The third kappa shape index (κ3) is 6.89. The first-order valence-corrected chi connectivity index (χ1v) is 12.9. The minimum absolute atomic E-state index is 0.137. The Morgan fingerprint density at radius 1 is 0.784 bits per heavy atom. The van der Waals surface area contributed by atoms with Crippen molar-refractivity contribution in [3.8, 4) is 11.5 Å². The minimum Gasteiger partial charge on any atom is -0.489 e. The number of unbranched alkanes of at least 4 members (excludes halogenated alkanes) is 1. The van der Waals surface area contributed by atoms with Crippen LogP contribution in [0.4, 0.5) is 4.79 Å². The molecule has 1 saturated heterocycles. The predicted octanol–water partition coefficient (Wildman–Crippen LogP) is 5.13. The van der Waals surface area contributed by atoms with Crippen LogP contribution in [0.1, 0.15) is 42.9 Å². The van der Waals surface area contributed by atoms with Gasteiger partial charge in [-0.2, -0.15) is 0 Å². The first-order valence-electron chi connectivity index (χ1n) is 12.9. The van der Waals surface area contributed by atoms with E-state index in [2.05, 4.69) is 0 Å². The molecule has 3 aromatic carbocycles. The second-order valence-electron chi connectivity index (χ2n) is 9.15. The zero-order valence-corrected chi connectivity index (χ0v) is 21.3. The standard InChI is InChI=1S/C30H35N3O4/c1-2-32-29(34)28(15-9-10-16-31)33(30(32)35)20-25-17-26(36-21-23-11-5-3-6-12-23)19-27(18-25)37-22-24-13-7-4-8-14-24/h3-8,11-14,17-19,28H,2,9-10,15-16,20-22,31H2,1H3/t28-/m0/s1. The second kappa shape index (κ2) is 12.9. The molecule has 3 aromatic rings. The van der Waals surface area contributed by atoms with E-state index in [1.54, 1.807) is 4.90 Å². The Morgan fingerprint density at radius 2 is 1.35 bits per heavy atom. The molecule has 37 heavy (non-hydrogen) atoms. The number of ether oxygens (including phenoxy) is 2. The Bertz CT molecular complexity index is 1110. The maximum atomic E-state index is 13.1. The van der Waals surface area contributed by atoms with E-state index in [4.69, 9.17) is 15.2 Å². The van der Waals surface area contributed by atoms with Gasteiger partial charge in [0.15, 0.2) is 0 Å². The van der Waals surface area contributed by atoms with Crippen LogP contribution in [0, 0.1) is 0 Å². The summed E-state index contributed by atoms with van der Waals surface area (Å²) >= 11 is 0. The van der Waals surface area contributed by atoms with Crippen LogP contribution in [0.15, 0.2) is 78.9 Å². The summed E-state index contributed by atoms with van der Waals surface area (Å²) in [5.74, 6) is 1.16. The van der Waals surface area contributed by atoms with E-state index in [1.807, 2.05) is 85.8 Å². The maximum absolute atomic E-state index is 13.1. The number of hydrogen-bond donors (Lipinski definition) is 1. The van der Waals surface area contributed by atoms with E-state index < -0.39 is 6.04 Å². The lowest BCUT2D eigenvalue weighted by atomic mass is 10.1. The number of carbonyl (C=O) groups excluding carboxylic acids is 2. The summed E-state index contributed by atoms with van der Waals surface area (Å²) in [5.41, 5.74) is 8.61. The number of amides is 3. The molecule has 0 aliphatic carbocycles. The zero-order valence-electron chi connectivity index (χ0n) is 21.3. The highest BCUT2D eigenvalue weighted by molar-refractivity contribution is 6.04. The number of rotatable bonds is 13. The summed E-state index contributed by atoms with van der Waals surface area (Å²) in [4.78, 5) is 29.1. The fourth-order valence-electron chi connectivity index (χ4n) is 4.49. The highest BCUT2D eigenvalue weighted by Gasteiger charge is 2.43. The summed E-state index contributed by atoms with van der Waals surface area (Å²) in [7, 11) is 0. The third-order valence-electron chi connectivity index (χ3n) is 6.44. The van der Waals surface area contributed by atoms with Crippen LogP contribution < -0.4 is 15.2 Å². The molecule has 2 N–H and O–H groups in total. The van der Waals surface area contributed by atoms with E-state index >= 15 is 0 Å². The van der Waals surface area contributed by atoms with Gasteiger partial charge in [0.25, 0.3) is 5.91 Å². The van der Waals surface area contributed by atoms with E-state index in [0.29, 0.717) is 50.8 Å². The second-order valence-corrected chi connectivity index (χ2v) is 9.15. The molecule has 194 valence electrons. The van der Waals surface area contributed by atoms with Gasteiger partial charge in [0.1, 0.15) is 30.8 Å². The van der Waals surface area contributed by atoms with E-state index in [1.165, 1.54) is 4.90 Å². The van der Waals surface area contributed by atoms with Crippen LogP contribution in [-0.2, 0) is 24.6 Å². The van der Waals surface area contributed by atoms with Gasteiger partial charge in [-0.3, -0.25) is 9.69 Å². The fraction of sp³-hybridized carbons (Fsp3) is 0.333. The largest absolute Gasteiger partial charge is 0.489 e. The molecular weight excluding hydrogens is 466 g/mol. The highest BCUT2D eigenvalue weighted by Crippen LogP contribution is 2.29. The van der Waals surface area contributed by atoms with Gasteiger partial charge in [0.05, 0.1) is 0 Å². The predicted molar refractivity (Wildman–Crippen MR) is 143 cm³/mol. The van der Waals surface area contributed by atoms with Crippen molar-refractivity contribution in [3.05, 3.63) is 95.6 Å². The molecule has 0 unspecified atom stereocenters. The van der Waals surface area contributed by atoms with Crippen LogP contribution in [-0.4, -0.2) is 40.9 Å². The zero-order chi connectivity index (χ0) is 26.0. The molecule has 0 saturated carbocycles. The number of nitrogens with zero attached hydrogens (tertiary/aromatic N) is 2. The molecule has 1 atom stereocenters. The van der Waals surface area contributed by atoms with Crippen molar-refractivity contribution in [2.75, 3.05) is 13.1 Å². The number of benzene rings is 3. The number of hydrogen-bond acceptors (Lipinski definition) is 5. The lowest BCUT2D eigenvalue weighted by Crippen LogP contribution is -2.34. The van der Waals surface area contributed by atoms with Gasteiger partial charge in [-0.25, -0.2) is 4.79 Å². The Kier molecular flexibility index (Phi) is 9.16. The molecule has 0 radical (unpaired) electrons. The lowest BCUT2D eigenvalue weighted by Gasteiger charge is -2.23. The molecule has 0 aromatic heterocycles. The average molecular weight is 502 g/mol. The van der Waals surface area contributed by atoms with Crippen molar-refractivity contribution in [1.82, 2.24) is 9.80 Å². The topological polar surface area (TPSA) is 85.1 Å². The van der Waals surface area contributed by atoms with Gasteiger partial charge in [0.2, 0.25) is 0 Å². The van der Waals surface area contributed by atoms with Gasteiger partial charge in [-0.15, -0.1) is 0 Å². The minimum atomic E-state index is -0.485. The number of nitrogens with two attached hydrogens (primary N) is 1. The number of urea groups is 1. The maximum Gasteiger partial charge on any atom is 0.327 e. The van der Waals surface area contributed by atoms with Crippen molar-refractivity contribution < 1.29 is 19.1 Å². The normalized spacial score (nSPS) is 15.4. The van der Waals surface area contributed by atoms with Crippen molar-refractivity contribution in [1.29, 1.82) is 0 Å². The number of likely N-dealkylation sites (N-methyl/N-ethyl adjacent to an activating group) is 1. The van der Waals surface area contributed by atoms with Crippen LogP contribution in [0.3, 0.4) is 0 Å². The molecule has 1 aliphatic heterocycles. The average Bonchev–Trinajstić information content (AvgIpc) is 3.15. The Hall–Kier alpha value is -3.84. The summed E-state index contributed by atoms with van der Waals surface area (Å²) in [6.45, 7) is 3.86. The Morgan fingerprint density at radius 3 is 1.86 bits per heavy atom. The number of carbonyl (C=O) groups is 2. The fourth-order valence-corrected chi connectivity index (χ4v) is 4.49. The molecule has 7 nitrogen and oxygen atoms in total. The molecular formula is C30H35N3O4. The van der Waals surface area contributed by atoms with Gasteiger partial charge < -0.3 is 20.1 Å². The molecule has 1 aliphatic rings. The van der Waals surface area contributed by atoms with E-state index in [0.717, 1.165) is 29.5 Å². The highest BCUT2D eigenvalue weighted by atomic mass is 16.5. The SMILES string of the molecule is CCN1C(=O)[C@H](CCCCN)N(Cc2cc(OCc3ccccc3)cc(OCc3ccccc3)c2)C1=O. The molecule has 1 fully saturated rings. The monoisotopic (exact) mass is 501 g/mol. The van der Waals surface area contributed by atoms with E-state index in [9.17, 15) is 9.59 Å². The van der Waals surface area contributed by atoms with Crippen LogP contribution in [0.2, 0.25) is 0 Å². The smallest absolute Gasteiger partial charge is 0.327 e. The summed E-state index contributed by atoms with van der Waals surface area (Å²) in [5, 5.41) is 0. The quantitative estimate of drug-likeness (QED) is 0.259. The molecule has 0 spiro atoms. The van der Waals surface area contributed by atoms with Crippen molar-refractivity contribution in [2.24, 2.45) is 5.73 Å². The Balaban J connectivity index is 1.56. The van der Waals surface area contributed by atoms with Crippen molar-refractivity contribution >= 4 is 11.9 Å². The molecule has 4 rings (SSSR count). The van der Waals surface area contributed by atoms with Crippen molar-refractivity contribution in [3.63, 3.8) is 0 Å². The third-order valence-corrected chi connectivity index (χ3v) is 6.44. The molecule has 7 heteroatoms. The van der Waals surface area contributed by atoms with Gasteiger partial charge in [-0.1, -0.05) is 60.7 Å². The summed E-state index contributed by atoms with van der Waals surface area (Å²) < 4.78 is 12.2.